The highest BCUT2D eigenvalue weighted by molar-refractivity contribution is 6.22. The molecule has 1 amide bonds. The van der Waals surface area contributed by atoms with Crippen LogP contribution >= 0.6 is 0 Å². The van der Waals surface area contributed by atoms with Crippen molar-refractivity contribution in [3.05, 3.63) is 53.7 Å². The van der Waals surface area contributed by atoms with Crippen LogP contribution in [-0.2, 0) is 9.59 Å². The summed E-state index contributed by atoms with van der Waals surface area (Å²) in [5, 5.41) is 2.64. The third-order valence-electron chi connectivity index (χ3n) is 2.52. The van der Waals surface area contributed by atoms with E-state index in [1.165, 1.54) is 6.92 Å². The molecule has 0 radical (unpaired) electrons. The van der Waals surface area contributed by atoms with Crippen molar-refractivity contribution in [1.29, 1.82) is 0 Å². The number of Topliss-reactive ketones (excluding diaryl/α,β-unsaturated/α-hetero) is 1. The van der Waals surface area contributed by atoms with Crippen molar-refractivity contribution >= 4 is 17.3 Å². The van der Waals surface area contributed by atoms with Gasteiger partial charge >= 0.3 is 0 Å². The molecule has 0 fully saturated rings. The Labute approximate surface area is 99.8 Å². The summed E-state index contributed by atoms with van der Waals surface area (Å²) in [7, 11) is 0. The first kappa shape index (κ1) is 11.3. The van der Waals surface area contributed by atoms with Crippen molar-refractivity contribution in [2.24, 2.45) is 0 Å². The Hall–Kier alpha value is -2.16. The van der Waals surface area contributed by atoms with Gasteiger partial charge < -0.3 is 5.32 Å². The second kappa shape index (κ2) is 4.78. The average Bonchev–Trinajstić information content (AvgIpc) is 2.29. The lowest BCUT2D eigenvalue weighted by Crippen LogP contribution is -2.23. The molecule has 1 aliphatic rings. The van der Waals surface area contributed by atoms with E-state index < -0.39 is 0 Å². The number of rotatable bonds is 2. The zero-order valence-corrected chi connectivity index (χ0v) is 9.57. The summed E-state index contributed by atoms with van der Waals surface area (Å²) in [5.74, 6) is -0.122. The summed E-state index contributed by atoms with van der Waals surface area (Å²) in [6, 6.07) is 9.52. The van der Waals surface area contributed by atoms with Crippen LogP contribution in [0.1, 0.15) is 18.9 Å². The van der Waals surface area contributed by atoms with Crippen LogP contribution in [0.15, 0.2) is 48.2 Å². The van der Waals surface area contributed by atoms with Crippen molar-refractivity contribution in [1.82, 2.24) is 5.32 Å². The molecule has 0 bridgehead atoms. The van der Waals surface area contributed by atoms with Crippen molar-refractivity contribution in [2.45, 2.75) is 13.3 Å². The largest absolute Gasteiger partial charge is 0.330 e. The van der Waals surface area contributed by atoms with Gasteiger partial charge in [0.05, 0.1) is 6.42 Å². The van der Waals surface area contributed by atoms with Crippen molar-refractivity contribution in [3.8, 4) is 0 Å². The van der Waals surface area contributed by atoms with Gasteiger partial charge in [0.1, 0.15) is 0 Å². The van der Waals surface area contributed by atoms with E-state index in [9.17, 15) is 9.59 Å². The number of allylic oxidation sites excluding steroid dienone is 4. The number of amides is 1. The summed E-state index contributed by atoms with van der Waals surface area (Å²) in [6.45, 7) is 1.43. The van der Waals surface area contributed by atoms with Gasteiger partial charge in [-0.2, -0.15) is 0 Å². The van der Waals surface area contributed by atoms with Crippen LogP contribution in [0.3, 0.4) is 0 Å². The highest BCUT2D eigenvalue weighted by Gasteiger charge is 2.17. The Morgan fingerprint density at radius 1 is 1.18 bits per heavy atom. The fraction of sp³-hybridized carbons (Fsp3) is 0.143. The zero-order chi connectivity index (χ0) is 12.3. The zero-order valence-electron chi connectivity index (χ0n) is 9.57. The third kappa shape index (κ3) is 2.69. The molecule has 0 saturated carbocycles. The molecule has 2 rings (SSSR count). The first-order valence-corrected chi connectivity index (χ1v) is 5.44. The number of hydrogen-bond donors (Lipinski definition) is 1. The molecule has 1 aromatic rings. The Kier molecular flexibility index (Phi) is 3.19. The third-order valence-corrected chi connectivity index (χ3v) is 2.52. The van der Waals surface area contributed by atoms with Gasteiger partial charge in [-0.25, -0.2) is 0 Å². The maximum atomic E-state index is 11.9. The predicted molar refractivity (Wildman–Crippen MR) is 65.9 cm³/mol. The Morgan fingerprint density at radius 2 is 1.88 bits per heavy atom. The molecule has 0 atom stereocenters. The number of ketones is 1. The second-order valence-electron chi connectivity index (χ2n) is 3.92. The Bertz CT molecular complexity index is 512. The number of carbonyl (C=O) groups is 2. The van der Waals surface area contributed by atoms with E-state index in [4.69, 9.17) is 0 Å². The molecule has 0 heterocycles. The molecule has 1 aliphatic carbocycles. The molecule has 0 aromatic heterocycles. The van der Waals surface area contributed by atoms with Crippen LogP contribution in [0.4, 0.5) is 0 Å². The van der Waals surface area contributed by atoms with Crippen LogP contribution < -0.4 is 5.32 Å². The second-order valence-corrected chi connectivity index (χ2v) is 3.92. The van der Waals surface area contributed by atoms with E-state index in [-0.39, 0.29) is 18.1 Å². The number of hydrogen-bond acceptors (Lipinski definition) is 2. The lowest BCUT2D eigenvalue weighted by molar-refractivity contribution is -0.118. The molecule has 1 N–H and O–H groups in total. The van der Waals surface area contributed by atoms with Crippen LogP contribution in [0.25, 0.3) is 5.57 Å². The Balaban J connectivity index is 2.26. The van der Waals surface area contributed by atoms with E-state index >= 15 is 0 Å². The van der Waals surface area contributed by atoms with Crippen LogP contribution in [0.5, 0.6) is 0 Å². The number of benzene rings is 1. The SMILES string of the molecule is CC(=O)NC1=CC=C(c2ccccc2)C(=O)C1. The van der Waals surface area contributed by atoms with E-state index in [1.54, 1.807) is 12.2 Å². The monoisotopic (exact) mass is 227 g/mol. The topological polar surface area (TPSA) is 46.2 Å². The first-order valence-electron chi connectivity index (χ1n) is 5.44. The van der Waals surface area contributed by atoms with Crippen LogP contribution in [0.2, 0.25) is 0 Å². The molecule has 0 aliphatic heterocycles. The van der Waals surface area contributed by atoms with E-state index in [1.807, 2.05) is 30.3 Å². The molecule has 1 aromatic carbocycles. The van der Waals surface area contributed by atoms with Crippen LogP contribution in [-0.4, -0.2) is 11.7 Å². The maximum absolute atomic E-state index is 11.9. The molecule has 3 nitrogen and oxygen atoms in total. The lowest BCUT2D eigenvalue weighted by Gasteiger charge is -2.14. The van der Waals surface area contributed by atoms with Crippen molar-refractivity contribution < 1.29 is 9.59 Å². The highest BCUT2D eigenvalue weighted by atomic mass is 16.1. The normalized spacial score (nSPS) is 15.0. The minimum absolute atomic E-state index is 0.0300. The molecule has 3 heteroatoms. The van der Waals surface area contributed by atoms with Gasteiger partial charge in [0.25, 0.3) is 0 Å². The first-order chi connectivity index (χ1) is 8.16. The quantitative estimate of drug-likeness (QED) is 0.840. The summed E-state index contributed by atoms with van der Waals surface area (Å²) < 4.78 is 0. The van der Waals surface area contributed by atoms with E-state index in [2.05, 4.69) is 5.32 Å². The smallest absolute Gasteiger partial charge is 0.221 e. The maximum Gasteiger partial charge on any atom is 0.221 e. The van der Waals surface area contributed by atoms with Gasteiger partial charge in [0.2, 0.25) is 5.91 Å². The molecule has 0 saturated heterocycles. The Morgan fingerprint density at radius 3 is 2.47 bits per heavy atom. The summed E-state index contributed by atoms with van der Waals surface area (Å²) in [6.07, 6.45) is 3.79. The number of nitrogens with one attached hydrogen (secondary N) is 1. The predicted octanol–water partition coefficient (Wildman–Crippen LogP) is 2.06. The summed E-state index contributed by atoms with van der Waals surface area (Å²) in [4.78, 5) is 22.8. The summed E-state index contributed by atoms with van der Waals surface area (Å²) in [5.41, 5.74) is 2.26. The van der Waals surface area contributed by atoms with Gasteiger partial charge in [0.15, 0.2) is 5.78 Å². The minimum atomic E-state index is -0.152. The van der Waals surface area contributed by atoms with Gasteiger partial charge in [0, 0.05) is 18.2 Å². The van der Waals surface area contributed by atoms with Gasteiger partial charge in [-0.05, 0) is 17.7 Å². The van der Waals surface area contributed by atoms with Gasteiger partial charge in [-0.1, -0.05) is 30.3 Å². The fourth-order valence-electron chi connectivity index (χ4n) is 1.79. The molecular weight excluding hydrogens is 214 g/mol. The molecule has 0 spiro atoms. The van der Waals surface area contributed by atoms with E-state index in [0.29, 0.717) is 11.3 Å². The fourth-order valence-corrected chi connectivity index (χ4v) is 1.79. The molecule has 0 unspecified atom stereocenters. The summed E-state index contributed by atoms with van der Waals surface area (Å²) >= 11 is 0. The van der Waals surface area contributed by atoms with Gasteiger partial charge in [-0.15, -0.1) is 0 Å². The van der Waals surface area contributed by atoms with Crippen molar-refractivity contribution in [2.75, 3.05) is 0 Å². The standard InChI is InChI=1S/C14H13NO2/c1-10(16)15-12-7-8-13(14(17)9-12)11-5-3-2-4-6-11/h2-8H,9H2,1H3,(H,15,16). The van der Waals surface area contributed by atoms with E-state index in [0.717, 1.165) is 5.56 Å². The highest BCUT2D eigenvalue weighted by Crippen LogP contribution is 2.22. The number of carbonyl (C=O) groups excluding carboxylic acids is 2. The molecule has 86 valence electrons. The molecule has 17 heavy (non-hydrogen) atoms. The minimum Gasteiger partial charge on any atom is -0.330 e. The van der Waals surface area contributed by atoms with Crippen molar-refractivity contribution in [3.63, 3.8) is 0 Å². The van der Waals surface area contributed by atoms with Gasteiger partial charge in [-0.3, -0.25) is 9.59 Å². The van der Waals surface area contributed by atoms with Crippen LogP contribution in [0, 0.1) is 0 Å². The lowest BCUT2D eigenvalue weighted by atomic mass is 9.94. The molecular formula is C14H13NO2. The average molecular weight is 227 g/mol.